The van der Waals surface area contributed by atoms with Gasteiger partial charge < -0.3 is 9.67 Å². The molecule has 0 aromatic carbocycles. The standard InChI is InChI=1S/C13H25N3O3S/c1-5-6-16-8-13(14-11(16)4)20(18,19)15-12(9-17)7-10(2)3/h8,10,12,15,17H,5-7,9H2,1-4H3. The van der Waals surface area contributed by atoms with E-state index in [1.54, 1.807) is 13.1 Å². The molecule has 0 aliphatic carbocycles. The fourth-order valence-corrected chi connectivity index (χ4v) is 3.33. The van der Waals surface area contributed by atoms with Crippen LogP contribution >= 0.6 is 0 Å². The van der Waals surface area contributed by atoms with Crippen LogP contribution in [-0.4, -0.2) is 35.7 Å². The molecule has 0 fully saturated rings. The SMILES string of the molecule is CCCn1cc(S(=O)(=O)NC(CO)CC(C)C)nc1C. The van der Waals surface area contributed by atoms with Crippen LogP contribution in [0.25, 0.3) is 0 Å². The average molecular weight is 303 g/mol. The number of imidazole rings is 1. The minimum atomic E-state index is -3.68. The molecule has 0 spiro atoms. The van der Waals surface area contributed by atoms with Crippen molar-refractivity contribution in [3.8, 4) is 0 Å². The molecular formula is C13H25N3O3S. The van der Waals surface area contributed by atoms with Crippen molar-refractivity contribution in [2.24, 2.45) is 5.92 Å². The number of aliphatic hydroxyl groups is 1. The molecule has 6 nitrogen and oxygen atoms in total. The second-order valence-electron chi connectivity index (χ2n) is 5.45. The van der Waals surface area contributed by atoms with E-state index in [1.807, 2.05) is 25.3 Å². The van der Waals surface area contributed by atoms with E-state index in [0.29, 0.717) is 18.2 Å². The molecule has 0 radical (unpaired) electrons. The average Bonchev–Trinajstić information content (AvgIpc) is 2.70. The van der Waals surface area contributed by atoms with E-state index in [-0.39, 0.29) is 11.6 Å². The van der Waals surface area contributed by atoms with Gasteiger partial charge in [0.05, 0.1) is 6.61 Å². The van der Waals surface area contributed by atoms with E-state index in [0.717, 1.165) is 13.0 Å². The molecule has 20 heavy (non-hydrogen) atoms. The summed E-state index contributed by atoms with van der Waals surface area (Å²) in [4.78, 5) is 4.10. The Balaban J connectivity index is 2.90. The van der Waals surface area contributed by atoms with Crippen LogP contribution in [0.5, 0.6) is 0 Å². The van der Waals surface area contributed by atoms with Crippen molar-refractivity contribution in [1.82, 2.24) is 14.3 Å². The van der Waals surface area contributed by atoms with Gasteiger partial charge >= 0.3 is 0 Å². The number of hydrogen-bond donors (Lipinski definition) is 2. The first kappa shape index (κ1) is 17.1. The van der Waals surface area contributed by atoms with Gasteiger partial charge in [0.2, 0.25) is 0 Å². The first-order valence-corrected chi connectivity index (χ1v) is 8.45. The van der Waals surface area contributed by atoms with E-state index in [2.05, 4.69) is 9.71 Å². The van der Waals surface area contributed by atoms with Crippen molar-refractivity contribution in [3.05, 3.63) is 12.0 Å². The second-order valence-corrected chi connectivity index (χ2v) is 7.11. The monoisotopic (exact) mass is 303 g/mol. The molecular weight excluding hydrogens is 278 g/mol. The number of nitrogens with zero attached hydrogens (tertiary/aromatic N) is 2. The van der Waals surface area contributed by atoms with Gasteiger partial charge in [0.1, 0.15) is 5.82 Å². The summed E-state index contributed by atoms with van der Waals surface area (Å²) < 4.78 is 28.9. The molecule has 0 saturated heterocycles. The van der Waals surface area contributed by atoms with Crippen molar-refractivity contribution in [2.75, 3.05) is 6.61 Å². The van der Waals surface area contributed by atoms with Gasteiger partial charge in [-0.15, -0.1) is 0 Å². The Hall–Kier alpha value is -0.920. The van der Waals surface area contributed by atoms with E-state index in [1.165, 1.54) is 0 Å². The number of sulfonamides is 1. The largest absolute Gasteiger partial charge is 0.395 e. The van der Waals surface area contributed by atoms with Crippen LogP contribution in [0.1, 0.15) is 39.4 Å². The third kappa shape index (κ3) is 4.57. The highest BCUT2D eigenvalue weighted by molar-refractivity contribution is 7.89. The lowest BCUT2D eigenvalue weighted by Gasteiger charge is -2.17. The highest BCUT2D eigenvalue weighted by Crippen LogP contribution is 2.12. The van der Waals surface area contributed by atoms with Crippen LogP contribution in [0.3, 0.4) is 0 Å². The first-order chi connectivity index (χ1) is 9.30. The number of rotatable bonds is 8. The summed E-state index contributed by atoms with van der Waals surface area (Å²) in [6.45, 7) is 8.30. The minimum absolute atomic E-state index is 0.0191. The molecule has 1 aromatic heterocycles. The third-order valence-corrected chi connectivity index (χ3v) is 4.38. The molecule has 1 heterocycles. The predicted octanol–water partition coefficient (Wildman–Crippen LogP) is 1.29. The van der Waals surface area contributed by atoms with Gasteiger partial charge in [-0.1, -0.05) is 20.8 Å². The molecule has 116 valence electrons. The Morgan fingerprint density at radius 1 is 1.45 bits per heavy atom. The summed E-state index contributed by atoms with van der Waals surface area (Å²) in [6, 6.07) is -0.475. The van der Waals surface area contributed by atoms with E-state index in [4.69, 9.17) is 0 Å². The zero-order valence-electron chi connectivity index (χ0n) is 12.6. The summed E-state index contributed by atoms with van der Waals surface area (Å²) in [6.07, 6.45) is 3.05. The van der Waals surface area contributed by atoms with Crippen molar-refractivity contribution in [1.29, 1.82) is 0 Å². The molecule has 1 aromatic rings. The Kier molecular flexibility index (Phi) is 6.16. The molecule has 1 atom stereocenters. The fourth-order valence-electron chi connectivity index (χ4n) is 2.08. The Bertz CT molecular complexity index is 523. The highest BCUT2D eigenvalue weighted by atomic mass is 32.2. The summed E-state index contributed by atoms with van der Waals surface area (Å²) in [7, 11) is -3.68. The van der Waals surface area contributed by atoms with E-state index >= 15 is 0 Å². The Morgan fingerprint density at radius 2 is 2.10 bits per heavy atom. The molecule has 1 rings (SSSR count). The maximum absolute atomic E-state index is 12.3. The molecule has 0 bridgehead atoms. The lowest BCUT2D eigenvalue weighted by Crippen LogP contribution is -2.38. The quantitative estimate of drug-likeness (QED) is 0.758. The van der Waals surface area contributed by atoms with Crippen LogP contribution in [0.2, 0.25) is 0 Å². The van der Waals surface area contributed by atoms with Crippen molar-refractivity contribution in [3.63, 3.8) is 0 Å². The van der Waals surface area contributed by atoms with E-state index in [9.17, 15) is 13.5 Å². The Labute approximate surface area is 121 Å². The van der Waals surface area contributed by atoms with Crippen LogP contribution in [-0.2, 0) is 16.6 Å². The normalized spacial score (nSPS) is 13.9. The number of nitrogens with one attached hydrogen (secondary N) is 1. The molecule has 0 aliphatic heterocycles. The summed E-state index contributed by atoms with van der Waals surface area (Å²) in [5, 5.41) is 9.30. The lowest BCUT2D eigenvalue weighted by molar-refractivity contribution is 0.240. The predicted molar refractivity (Wildman–Crippen MR) is 77.9 cm³/mol. The summed E-state index contributed by atoms with van der Waals surface area (Å²) >= 11 is 0. The zero-order chi connectivity index (χ0) is 15.3. The smallest absolute Gasteiger partial charge is 0.259 e. The summed E-state index contributed by atoms with van der Waals surface area (Å²) in [5.41, 5.74) is 0. The van der Waals surface area contributed by atoms with Gasteiger partial charge in [-0.05, 0) is 25.7 Å². The zero-order valence-corrected chi connectivity index (χ0v) is 13.4. The molecule has 0 saturated carbocycles. The van der Waals surface area contributed by atoms with Crippen LogP contribution in [0.4, 0.5) is 0 Å². The van der Waals surface area contributed by atoms with Gasteiger partial charge in [-0.25, -0.2) is 18.1 Å². The van der Waals surface area contributed by atoms with Gasteiger partial charge in [-0.2, -0.15) is 0 Å². The van der Waals surface area contributed by atoms with Crippen molar-refractivity contribution in [2.45, 2.75) is 58.1 Å². The first-order valence-electron chi connectivity index (χ1n) is 6.97. The van der Waals surface area contributed by atoms with Crippen LogP contribution in [0, 0.1) is 12.8 Å². The second kappa shape index (κ2) is 7.19. The summed E-state index contributed by atoms with van der Waals surface area (Å²) in [5.74, 6) is 0.978. The number of aryl methyl sites for hydroxylation is 2. The minimum Gasteiger partial charge on any atom is -0.395 e. The van der Waals surface area contributed by atoms with Crippen LogP contribution in [0.15, 0.2) is 11.2 Å². The third-order valence-electron chi connectivity index (χ3n) is 2.99. The van der Waals surface area contributed by atoms with Crippen molar-refractivity contribution >= 4 is 10.0 Å². The number of aliphatic hydroxyl groups excluding tert-OH is 1. The molecule has 2 N–H and O–H groups in total. The van der Waals surface area contributed by atoms with Gasteiger partial charge in [0.25, 0.3) is 10.0 Å². The lowest BCUT2D eigenvalue weighted by atomic mass is 10.1. The maximum Gasteiger partial charge on any atom is 0.259 e. The molecule has 0 aliphatic rings. The topological polar surface area (TPSA) is 84.2 Å². The van der Waals surface area contributed by atoms with E-state index < -0.39 is 16.1 Å². The maximum atomic E-state index is 12.3. The van der Waals surface area contributed by atoms with Gasteiger partial charge in [-0.3, -0.25) is 0 Å². The van der Waals surface area contributed by atoms with Gasteiger partial charge in [0.15, 0.2) is 5.03 Å². The van der Waals surface area contributed by atoms with Crippen LogP contribution < -0.4 is 4.72 Å². The molecule has 7 heteroatoms. The number of hydrogen-bond acceptors (Lipinski definition) is 4. The molecule has 0 amide bonds. The Morgan fingerprint density at radius 3 is 2.60 bits per heavy atom. The molecule has 1 unspecified atom stereocenters. The fraction of sp³-hybridized carbons (Fsp3) is 0.769. The highest BCUT2D eigenvalue weighted by Gasteiger charge is 2.23. The number of aromatic nitrogens is 2. The van der Waals surface area contributed by atoms with Gasteiger partial charge in [0, 0.05) is 18.8 Å². The van der Waals surface area contributed by atoms with Crippen molar-refractivity contribution < 1.29 is 13.5 Å².